The van der Waals surface area contributed by atoms with Gasteiger partial charge in [0.05, 0.1) is 50.8 Å². The summed E-state index contributed by atoms with van der Waals surface area (Å²) in [6.45, 7) is -0.996. The lowest BCUT2D eigenvalue weighted by molar-refractivity contribution is -0.374. The fourth-order valence-corrected chi connectivity index (χ4v) is 7.44. The van der Waals surface area contributed by atoms with E-state index < -0.39 is 198 Å². The van der Waals surface area contributed by atoms with Crippen LogP contribution < -0.4 is 5.32 Å². The molecule has 0 saturated carbocycles. The van der Waals surface area contributed by atoms with Gasteiger partial charge in [0, 0.05) is 13.3 Å². The predicted octanol–water partition coefficient (Wildman–Crippen LogP) is -10.9. The zero-order valence-electron chi connectivity index (χ0n) is 34.1. The van der Waals surface area contributed by atoms with Crippen molar-refractivity contribution in [2.45, 2.75) is 180 Å². The Hall–Kier alpha value is -2.02. The van der Waals surface area contributed by atoms with Gasteiger partial charge in [0.25, 0.3) is 5.79 Å². The van der Waals surface area contributed by atoms with Crippen LogP contribution >= 0.6 is 0 Å². The van der Waals surface area contributed by atoms with Crippen molar-refractivity contribution >= 4 is 11.9 Å². The van der Waals surface area contributed by atoms with Crippen molar-refractivity contribution < 1.29 is 134 Å². The summed E-state index contributed by atoms with van der Waals surface area (Å²) in [7, 11) is 0. The van der Waals surface area contributed by atoms with Crippen LogP contribution in [0.1, 0.15) is 27.2 Å². The second-order valence-corrected chi connectivity index (χ2v) is 15.9. The van der Waals surface area contributed by atoms with E-state index in [1.807, 2.05) is 0 Å². The molecule has 28 nitrogen and oxygen atoms in total. The van der Waals surface area contributed by atoms with Gasteiger partial charge in [-0.25, -0.2) is 4.79 Å². The number of nitrogens with one attached hydrogen (secondary N) is 1. The highest BCUT2D eigenvalue weighted by molar-refractivity contribution is 5.76. The maximum atomic E-state index is 13.0. The molecule has 1 amide bonds. The van der Waals surface area contributed by atoms with E-state index in [1.165, 1.54) is 13.8 Å². The van der Waals surface area contributed by atoms with Crippen LogP contribution in [-0.2, 0) is 47.5 Å². The molecule has 0 aliphatic carbocycles. The molecular formula is C35H61NO27. The van der Waals surface area contributed by atoms with E-state index in [9.17, 15) is 96.4 Å². The minimum Gasteiger partial charge on any atom is -0.477 e. The molecule has 0 aromatic heterocycles. The van der Waals surface area contributed by atoms with Crippen LogP contribution in [-0.4, -0.2) is 278 Å². The van der Waals surface area contributed by atoms with Crippen molar-refractivity contribution in [3.63, 3.8) is 0 Å². The van der Waals surface area contributed by atoms with Crippen LogP contribution in [0.4, 0.5) is 0 Å². The zero-order chi connectivity index (χ0) is 47.4. The summed E-state index contributed by atoms with van der Waals surface area (Å²) >= 11 is 0. The predicted molar refractivity (Wildman–Crippen MR) is 195 cm³/mol. The summed E-state index contributed by atoms with van der Waals surface area (Å²) in [5.74, 6) is -6.04. The largest absolute Gasteiger partial charge is 0.477 e. The van der Waals surface area contributed by atoms with Crippen LogP contribution in [0.2, 0.25) is 0 Å². The van der Waals surface area contributed by atoms with E-state index >= 15 is 0 Å². The number of carboxylic acid groups (broad SMARTS) is 1. The molecule has 0 spiro atoms. The number of aliphatic carboxylic acids is 1. The molecule has 4 aliphatic rings. The molecule has 25 atom stereocenters. The number of hydrogen-bond acceptors (Lipinski definition) is 26. The summed E-state index contributed by atoms with van der Waals surface area (Å²) in [5.41, 5.74) is 0. The number of aliphatic hydroxyl groups excluding tert-OH is 16. The third-order valence-electron chi connectivity index (χ3n) is 11.3. The van der Waals surface area contributed by atoms with Crippen molar-refractivity contribution in [1.29, 1.82) is 0 Å². The number of rotatable bonds is 19. The molecular weight excluding hydrogens is 866 g/mol. The molecule has 4 fully saturated rings. The van der Waals surface area contributed by atoms with Gasteiger partial charge in [-0.05, 0) is 13.8 Å². The van der Waals surface area contributed by atoms with Gasteiger partial charge in [0.1, 0.15) is 104 Å². The topological polar surface area (TPSA) is 464 Å². The first-order chi connectivity index (χ1) is 29.4. The quantitative estimate of drug-likeness (QED) is 0.0572. The molecule has 368 valence electrons. The number of carbonyl (C=O) groups is 2. The fourth-order valence-electron chi connectivity index (χ4n) is 7.44. The molecule has 4 saturated heterocycles. The van der Waals surface area contributed by atoms with Crippen LogP contribution in [0.25, 0.3) is 0 Å². The minimum atomic E-state index is -3.13. The highest BCUT2D eigenvalue weighted by atomic mass is 16.8. The van der Waals surface area contributed by atoms with Gasteiger partial charge in [0.2, 0.25) is 5.91 Å². The zero-order valence-corrected chi connectivity index (χ0v) is 34.1. The molecule has 28 heteroatoms. The minimum absolute atomic E-state index is 0.856. The van der Waals surface area contributed by atoms with Crippen molar-refractivity contribution in [3.05, 3.63) is 0 Å². The first-order valence-electron chi connectivity index (χ1n) is 19.9. The normalized spacial score (nSPS) is 44.2. The fraction of sp³-hybridized carbons (Fsp3) is 0.943. The standard InChI is InChI=1S/C35H61NO27/c1-9-17(43)23(49)26(52)31(57-9)59-15-4-35(34(54)55,63-29(22(15)48)19(45)13(41)6-38)56-8-14(42)20(46)28(12(5-37)36-11(3)40)61-33-30(25(51)21(47)16(7-39)60-33)62-32-27(53)24(50)18(44)10(2)58-32/h9-10,12-33,37-39,41-53H,4-8H2,1-3H3,(H,36,40)(H,54,55)/t9-,10-,12-,13+,14+,15-,16+,17+,18+,19+,20-,21-,22+,23+,24+,25-,26-,27-,28+,29-,30+,31-,32-,33-,35+/m0/s1. The highest BCUT2D eigenvalue weighted by Gasteiger charge is 2.58. The monoisotopic (exact) mass is 927 g/mol. The molecule has 18 N–H and O–H groups in total. The van der Waals surface area contributed by atoms with Gasteiger partial charge < -0.3 is 130 Å². The lowest BCUT2D eigenvalue weighted by Crippen LogP contribution is -2.67. The first-order valence-corrected chi connectivity index (χ1v) is 19.9. The van der Waals surface area contributed by atoms with Crippen molar-refractivity contribution in [2.24, 2.45) is 0 Å². The molecule has 0 aromatic carbocycles. The van der Waals surface area contributed by atoms with Crippen molar-refractivity contribution in [1.82, 2.24) is 5.32 Å². The van der Waals surface area contributed by atoms with E-state index in [4.69, 9.17) is 37.9 Å². The number of aliphatic hydroxyl groups is 16. The maximum Gasteiger partial charge on any atom is 0.364 e. The summed E-state index contributed by atoms with van der Waals surface area (Å²) in [6.07, 6.45) is -45.6. The number of carboxylic acids is 1. The highest BCUT2D eigenvalue weighted by Crippen LogP contribution is 2.38. The Kier molecular flexibility index (Phi) is 19.3. The Morgan fingerprint density at radius 3 is 1.75 bits per heavy atom. The SMILES string of the molecule is CC(=O)N[C@@H](CO)[C@@H](O[C@@H]1O[C@H](CO)[C@H](O)[C@H](O)[C@H]1O[C@@H]1O[C@@H](C)[C@@H](O)[C@@H](O)[C@@H]1O)[C@@H](O)[C@H](O)CO[C@]1(C(=O)O)C[C@H](O[C@@H]2O[C@@H](C)[C@@H](O)[C@@H](O)[C@@H]2O)[C@@H](O)[C@H]([C@H](O)[C@H](O)CO)O1. The molecule has 4 aliphatic heterocycles. The summed E-state index contributed by atoms with van der Waals surface area (Å²) in [5, 5.41) is 181. The number of ether oxygens (including phenoxy) is 8. The molecule has 0 aromatic rings. The smallest absolute Gasteiger partial charge is 0.364 e. The van der Waals surface area contributed by atoms with Crippen LogP contribution in [0.5, 0.6) is 0 Å². The average Bonchev–Trinajstić information content (AvgIpc) is 3.25. The van der Waals surface area contributed by atoms with E-state index in [1.54, 1.807) is 0 Å². The summed E-state index contributed by atoms with van der Waals surface area (Å²) in [6, 6.07) is -1.73. The third kappa shape index (κ3) is 11.9. The van der Waals surface area contributed by atoms with Gasteiger partial charge in [-0.1, -0.05) is 0 Å². The Morgan fingerprint density at radius 1 is 0.698 bits per heavy atom. The van der Waals surface area contributed by atoms with E-state index in [0.29, 0.717) is 0 Å². The Balaban J connectivity index is 1.65. The molecule has 0 bridgehead atoms. The van der Waals surface area contributed by atoms with E-state index in [2.05, 4.69) is 5.32 Å². The molecule has 4 heterocycles. The number of amides is 1. The Bertz CT molecular complexity index is 1450. The van der Waals surface area contributed by atoms with Crippen molar-refractivity contribution in [3.8, 4) is 0 Å². The van der Waals surface area contributed by atoms with Gasteiger partial charge in [-0.15, -0.1) is 0 Å². The van der Waals surface area contributed by atoms with Crippen LogP contribution in [0.15, 0.2) is 0 Å². The van der Waals surface area contributed by atoms with Gasteiger partial charge in [0.15, 0.2) is 18.9 Å². The summed E-state index contributed by atoms with van der Waals surface area (Å²) < 4.78 is 44.5. The molecule has 0 radical (unpaired) electrons. The van der Waals surface area contributed by atoms with Crippen LogP contribution in [0, 0.1) is 0 Å². The first kappa shape index (κ1) is 53.6. The Morgan fingerprint density at radius 2 is 1.25 bits per heavy atom. The lowest BCUT2D eigenvalue weighted by atomic mass is 9.90. The second kappa shape index (κ2) is 22.6. The number of carbonyl (C=O) groups excluding carboxylic acids is 1. The molecule has 0 unspecified atom stereocenters. The van der Waals surface area contributed by atoms with Gasteiger partial charge >= 0.3 is 5.97 Å². The molecule has 4 rings (SSSR count). The number of hydrogen-bond donors (Lipinski definition) is 18. The second-order valence-electron chi connectivity index (χ2n) is 15.9. The maximum absolute atomic E-state index is 13.0. The Labute approximate surface area is 357 Å². The summed E-state index contributed by atoms with van der Waals surface area (Å²) in [4.78, 5) is 25.2. The lowest BCUT2D eigenvalue weighted by Gasteiger charge is -2.48. The average molecular weight is 928 g/mol. The third-order valence-corrected chi connectivity index (χ3v) is 11.3. The van der Waals surface area contributed by atoms with E-state index in [0.717, 1.165) is 6.92 Å². The van der Waals surface area contributed by atoms with Gasteiger partial charge in [-0.3, -0.25) is 4.79 Å². The van der Waals surface area contributed by atoms with Crippen molar-refractivity contribution in [2.75, 3.05) is 26.4 Å². The van der Waals surface area contributed by atoms with Crippen LogP contribution in [0.3, 0.4) is 0 Å². The van der Waals surface area contributed by atoms with Gasteiger partial charge in [-0.2, -0.15) is 0 Å². The molecule has 63 heavy (non-hydrogen) atoms. The van der Waals surface area contributed by atoms with E-state index in [-0.39, 0.29) is 0 Å².